The van der Waals surface area contributed by atoms with Crippen molar-refractivity contribution < 1.29 is 5.11 Å². The maximum absolute atomic E-state index is 9.78. The summed E-state index contributed by atoms with van der Waals surface area (Å²) in [5, 5.41) is 13.2. The Morgan fingerprint density at radius 1 is 1.12 bits per heavy atom. The summed E-state index contributed by atoms with van der Waals surface area (Å²) in [5.74, 6) is 0. The van der Waals surface area contributed by atoms with Gasteiger partial charge in [-0.05, 0) is 18.4 Å². The van der Waals surface area contributed by atoms with Crippen molar-refractivity contribution in [2.45, 2.75) is 44.4 Å². The average Bonchev–Trinajstić information content (AvgIpc) is 2.29. The van der Waals surface area contributed by atoms with Crippen molar-refractivity contribution >= 4 is 12.4 Å². The summed E-state index contributed by atoms with van der Waals surface area (Å²) >= 11 is 0. The first kappa shape index (κ1) is 13.5. The van der Waals surface area contributed by atoms with E-state index in [1.54, 1.807) is 0 Å². The smallest absolute Gasteiger partial charge is 0.0693 e. The number of aliphatic hydroxyl groups excluding tert-OH is 1. The van der Waals surface area contributed by atoms with E-state index in [4.69, 9.17) is 0 Å². The first-order chi connectivity index (χ1) is 7.36. The van der Waals surface area contributed by atoms with E-state index in [-0.39, 0.29) is 18.5 Å². The van der Waals surface area contributed by atoms with Crippen LogP contribution < -0.4 is 5.32 Å². The summed E-state index contributed by atoms with van der Waals surface area (Å²) < 4.78 is 0. The van der Waals surface area contributed by atoms with Gasteiger partial charge in [0, 0.05) is 12.6 Å². The van der Waals surface area contributed by atoms with Crippen LogP contribution >= 0.6 is 12.4 Å². The fourth-order valence-corrected chi connectivity index (χ4v) is 2.19. The van der Waals surface area contributed by atoms with Crippen LogP contribution in [0.15, 0.2) is 30.3 Å². The summed E-state index contributed by atoms with van der Waals surface area (Å²) in [6.45, 7) is 0.864. The maximum atomic E-state index is 9.78. The van der Waals surface area contributed by atoms with E-state index in [1.807, 2.05) is 18.2 Å². The Kier molecular flexibility index (Phi) is 5.81. The Balaban J connectivity index is 0.00000128. The Labute approximate surface area is 103 Å². The molecule has 16 heavy (non-hydrogen) atoms. The predicted octanol–water partition coefficient (Wildman–Crippen LogP) is 2.50. The molecule has 1 aromatic rings. The van der Waals surface area contributed by atoms with Crippen LogP contribution in [0.1, 0.15) is 31.2 Å². The number of aliphatic hydroxyl groups is 1. The molecule has 0 aromatic heterocycles. The van der Waals surface area contributed by atoms with Crippen molar-refractivity contribution in [3.8, 4) is 0 Å². The van der Waals surface area contributed by atoms with Gasteiger partial charge in [0.1, 0.15) is 0 Å². The third-order valence-electron chi connectivity index (χ3n) is 3.14. The van der Waals surface area contributed by atoms with Crippen LogP contribution in [0.4, 0.5) is 0 Å². The van der Waals surface area contributed by atoms with Gasteiger partial charge in [-0.25, -0.2) is 0 Å². The van der Waals surface area contributed by atoms with Crippen LogP contribution in [-0.4, -0.2) is 17.3 Å². The molecule has 1 aliphatic carbocycles. The lowest BCUT2D eigenvalue weighted by Gasteiger charge is -2.28. The summed E-state index contributed by atoms with van der Waals surface area (Å²) in [4.78, 5) is 0. The molecule has 0 spiro atoms. The molecule has 0 radical (unpaired) electrons. The van der Waals surface area contributed by atoms with Crippen molar-refractivity contribution in [3.05, 3.63) is 35.9 Å². The zero-order chi connectivity index (χ0) is 10.5. The molecule has 2 rings (SSSR count). The summed E-state index contributed by atoms with van der Waals surface area (Å²) in [5.41, 5.74) is 1.29. The molecular weight excluding hydrogens is 222 g/mol. The zero-order valence-electron chi connectivity index (χ0n) is 9.43. The molecule has 2 N–H and O–H groups in total. The van der Waals surface area contributed by atoms with Gasteiger partial charge >= 0.3 is 0 Å². The number of hydrogen-bond donors (Lipinski definition) is 2. The van der Waals surface area contributed by atoms with E-state index in [1.165, 1.54) is 18.4 Å². The van der Waals surface area contributed by atoms with E-state index >= 15 is 0 Å². The van der Waals surface area contributed by atoms with E-state index < -0.39 is 0 Å². The van der Waals surface area contributed by atoms with Gasteiger partial charge in [0.15, 0.2) is 0 Å². The van der Waals surface area contributed by atoms with Crippen molar-refractivity contribution in [1.82, 2.24) is 5.32 Å². The molecular formula is C13H20ClNO. The largest absolute Gasteiger partial charge is 0.392 e. The molecule has 0 amide bonds. The Hall–Kier alpha value is -0.570. The number of hydrogen-bond acceptors (Lipinski definition) is 2. The molecule has 0 bridgehead atoms. The molecule has 90 valence electrons. The molecule has 2 nitrogen and oxygen atoms in total. The van der Waals surface area contributed by atoms with Crippen molar-refractivity contribution in [2.24, 2.45) is 0 Å². The monoisotopic (exact) mass is 241 g/mol. The second-order valence-electron chi connectivity index (χ2n) is 4.32. The highest BCUT2D eigenvalue weighted by Crippen LogP contribution is 2.18. The quantitative estimate of drug-likeness (QED) is 0.852. The number of benzene rings is 1. The van der Waals surface area contributed by atoms with Gasteiger partial charge in [-0.1, -0.05) is 43.2 Å². The van der Waals surface area contributed by atoms with Gasteiger partial charge in [-0.15, -0.1) is 12.4 Å². The minimum atomic E-state index is -0.150. The SMILES string of the molecule is Cl.O[C@H]1CCCC[C@H]1NCc1ccccc1. The lowest BCUT2D eigenvalue weighted by atomic mass is 9.92. The first-order valence-corrected chi connectivity index (χ1v) is 5.81. The summed E-state index contributed by atoms with van der Waals surface area (Å²) in [6.07, 6.45) is 4.32. The molecule has 0 unspecified atom stereocenters. The highest BCUT2D eigenvalue weighted by molar-refractivity contribution is 5.85. The molecule has 1 saturated carbocycles. The van der Waals surface area contributed by atoms with Crippen molar-refractivity contribution in [3.63, 3.8) is 0 Å². The highest BCUT2D eigenvalue weighted by Gasteiger charge is 2.21. The Morgan fingerprint density at radius 2 is 1.81 bits per heavy atom. The third-order valence-corrected chi connectivity index (χ3v) is 3.14. The molecule has 0 aliphatic heterocycles. The molecule has 0 heterocycles. The highest BCUT2D eigenvalue weighted by atomic mass is 35.5. The van der Waals surface area contributed by atoms with Gasteiger partial charge in [0.25, 0.3) is 0 Å². The average molecular weight is 242 g/mol. The minimum absolute atomic E-state index is 0. The standard InChI is InChI=1S/C13H19NO.ClH/c15-13-9-5-4-8-12(13)14-10-11-6-2-1-3-7-11;/h1-3,6-7,12-15H,4-5,8-10H2;1H/t12-,13+;/m1./s1. The second-order valence-corrected chi connectivity index (χ2v) is 4.32. The van der Waals surface area contributed by atoms with Gasteiger partial charge in [-0.3, -0.25) is 0 Å². The van der Waals surface area contributed by atoms with E-state index in [2.05, 4.69) is 17.4 Å². The zero-order valence-corrected chi connectivity index (χ0v) is 10.2. The Morgan fingerprint density at radius 3 is 2.50 bits per heavy atom. The van der Waals surface area contributed by atoms with E-state index in [9.17, 15) is 5.11 Å². The van der Waals surface area contributed by atoms with Crippen molar-refractivity contribution in [1.29, 1.82) is 0 Å². The normalized spacial score (nSPS) is 24.8. The molecule has 2 atom stereocenters. The van der Waals surface area contributed by atoms with Gasteiger partial charge in [-0.2, -0.15) is 0 Å². The Bertz CT molecular complexity index is 291. The topological polar surface area (TPSA) is 32.3 Å². The molecule has 0 saturated heterocycles. The van der Waals surface area contributed by atoms with Crippen LogP contribution in [0.2, 0.25) is 0 Å². The molecule has 3 heteroatoms. The minimum Gasteiger partial charge on any atom is -0.392 e. The van der Waals surface area contributed by atoms with Crippen LogP contribution in [0.25, 0.3) is 0 Å². The fraction of sp³-hybridized carbons (Fsp3) is 0.538. The second kappa shape index (κ2) is 6.89. The molecule has 1 aromatic carbocycles. The first-order valence-electron chi connectivity index (χ1n) is 5.81. The fourth-order valence-electron chi connectivity index (χ4n) is 2.19. The van der Waals surface area contributed by atoms with Crippen LogP contribution in [-0.2, 0) is 6.54 Å². The lowest BCUT2D eigenvalue weighted by molar-refractivity contribution is 0.0902. The van der Waals surface area contributed by atoms with Gasteiger partial charge in [0.05, 0.1) is 6.10 Å². The third kappa shape index (κ3) is 3.78. The summed E-state index contributed by atoms with van der Waals surface area (Å²) in [6, 6.07) is 10.6. The van der Waals surface area contributed by atoms with Gasteiger partial charge < -0.3 is 10.4 Å². The van der Waals surface area contributed by atoms with Gasteiger partial charge in [0.2, 0.25) is 0 Å². The number of rotatable bonds is 3. The van der Waals surface area contributed by atoms with Crippen LogP contribution in [0.3, 0.4) is 0 Å². The maximum Gasteiger partial charge on any atom is 0.0693 e. The van der Waals surface area contributed by atoms with Crippen LogP contribution in [0.5, 0.6) is 0 Å². The number of halogens is 1. The van der Waals surface area contributed by atoms with E-state index in [0.717, 1.165) is 19.4 Å². The van der Waals surface area contributed by atoms with Crippen molar-refractivity contribution in [2.75, 3.05) is 0 Å². The molecule has 1 aliphatic rings. The lowest BCUT2D eigenvalue weighted by Crippen LogP contribution is -2.41. The number of nitrogens with one attached hydrogen (secondary N) is 1. The van der Waals surface area contributed by atoms with Crippen LogP contribution in [0, 0.1) is 0 Å². The molecule has 1 fully saturated rings. The van der Waals surface area contributed by atoms with E-state index in [0.29, 0.717) is 6.04 Å². The predicted molar refractivity (Wildman–Crippen MR) is 68.8 cm³/mol. The summed E-state index contributed by atoms with van der Waals surface area (Å²) in [7, 11) is 0.